The molecule has 1 N–H and O–H groups in total. The minimum atomic E-state index is -1.33. The quantitative estimate of drug-likeness (QED) is 0.454. The van der Waals surface area contributed by atoms with Gasteiger partial charge in [-0.25, -0.2) is 4.79 Å². The van der Waals surface area contributed by atoms with Crippen molar-refractivity contribution in [3.8, 4) is 0 Å². The maximum absolute atomic E-state index is 11.9. The molecule has 16 heavy (non-hydrogen) atoms. The Morgan fingerprint density at radius 2 is 1.88 bits per heavy atom. The van der Waals surface area contributed by atoms with Crippen molar-refractivity contribution in [3.63, 3.8) is 0 Å². The van der Waals surface area contributed by atoms with Crippen LogP contribution in [0.2, 0.25) is 0 Å². The SMILES string of the molecule is CON(C)C(C(=O)O)C(=O)c1ccccc1. The van der Waals surface area contributed by atoms with Crippen molar-refractivity contribution in [1.82, 2.24) is 5.06 Å². The number of carboxylic acid groups (broad SMARTS) is 1. The van der Waals surface area contributed by atoms with Crippen LogP contribution >= 0.6 is 0 Å². The molecule has 1 atom stereocenters. The van der Waals surface area contributed by atoms with E-state index in [2.05, 4.69) is 0 Å². The van der Waals surface area contributed by atoms with E-state index in [1.165, 1.54) is 14.2 Å². The molecule has 0 aliphatic carbocycles. The average Bonchev–Trinajstić information content (AvgIpc) is 2.29. The van der Waals surface area contributed by atoms with Crippen molar-refractivity contribution in [2.24, 2.45) is 0 Å². The predicted octanol–water partition coefficient (Wildman–Crippen LogP) is 0.816. The Kier molecular flexibility index (Phi) is 4.16. The second kappa shape index (κ2) is 5.39. The van der Waals surface area contributed by atoms with Gasteiger partial charge >= 0.3 is 5.97 Å². The number of hydroxylamine groups is 2. The lowest BCUT2D eigenvalue weighted by atomic mass is 10.0. The number of benzene rings is 1. The largest absolute Gasteiger partial charge is 0.480 e. The standard InChI is InChI=1S/C11H13NO4/c1-12(16-2)9(11(14)15)10(13)8-6-4-3-5-7-8/h3-7,9H,1-2H3,(H,14,15). The third-order valence-electron chi connectivity index (χ3n) is 2.19. The smallest absolute Gasteiger partial charge is 0.331 e. The van der Waals surface area contributed by atoms with E-state index in [9.17, 15) is 9.59 Å². The lowest BCUT2D eigenvalue weighted by molar-refractivity contribution is -0.166. The van der Waals surface area contributed by atoms with Gasteiger partial charge < -0.3 is 9.94 Å². The van der Waals surface area contributed by atoms with Crippen LogP contribution in [0.5, 0.6) is 0 Å². The first-order valence-electron chi connectivity index (χ1n) is 4.67. The summed E-state index contributed by atoms with van der Waals surface area (Å²) in [5, 5.41) is 9.98. The van der Waals surface area contributed by atoms with Crippen LogP contribution in [0.4, 0.5) is 0 Å². The Morgan fingerprint density at radius 1 is 1.31 bits per heavy atom. The number of hydrogen-bond acceptors (Lipinski definition) is 4. The van der Waals surface area contributed by atoms with E-state index in [-0.39, 0.29) is 0 Å². The molecular weight excluding hydrogens is 210 g/mol. The molecule has 1 rings (SSSR count). The topological polar surface area (TPSA) is 66.8 Å². The zero-order chi connectivity index (χ0) is 12.1. The fourth-order valence-corrected chi connectivity index (χ4v) is 1.30. The van der Waals surface area contributed by atoms with Gasteiger partial charge in [-0.1, -0.05) is 30.3 Å². The molecule has 1 aromatic rings. The molecule has 0 spiro atoms. The monoisotopic (exact) mass is 223 g/mol. The Balaban J connectivity index is 2.97. The number of carbonyl (C=O) groups excluding carboxylic acids is 1. The van der Waals surface area contributed by atoms with Crippen LogP contribution in [0, 0.1) is 0 Å². The van der Waals surface area contributed by atoms with E-state index in [4.69, 9.17) is 9.94 Å². The van der Waals surface area contributed by atoms with Crippen LogP contribution < -0.4 is 0 Å². The number of aliphatic carboxylic acids is 1. The number of rotatable bonds is 5. The number of carboxylic acids is 1. The van der Waals surface area contributed by atoms with Crippen molar-refractivity contribution < 1.29 is 19.5 Å². The molecule has 0 amide bonds. The fourth-order valence-electron chi connectivity index (χ4n) is 1.30. The second-order valence-corrected chi connectivity index (χ2v) is 3.20. The molecule has 0 heterocycles. The van der Waals surface area contributed by atoms with Crippen LogP contribution in [0.25, 0.3) is 0 Å². The average molecular weight is 223 g/mol. The van der Waals surface area contributed by atoms with Crippen LogP contribution in [-0.2, 0) is 9.63 Å². The van der Waals surface area contributed by atoms with E-state index in [0.717, 1.165) is 5.06 Å². The summed E-state index contributed by atoms with van der Waals surface area (Å²) in [5.41, 5.74) is 0.346. The number of carbonyl (C=O) groups is 2. The molecule has 0 fully saturated rings. The van der Waals surface area contributed by atoms with Gasteiger partial charge in [-0.15, -0.1) is 0 Å². The molecule has 0 radical (unpaired) electrons. The van der Waals surface area contributed by atoms with Crippen molar-refractivity contribution in [2.45, 2.75) is 6.04 Å². The summed E-state index contributed by atoms with van der Waals surface area (Å²) in [6, 6.07) is 6.93. The number of likely N-dealkylation sites (N-methyl/N-ethyl adjacent to an activating group) is 1. The molecule has 0 aromatic heterocycles. The maximum Gasteiger partial charge on any atom is 0.331 e. The predicted molar refractivity (Wildman–Crippen MR) is 57.0 cm³/mol. The highest BCUT2D eigenvalue weighted by molar-refractivity contribution is 6.11. The lowest BCUT2D eigenvalue weighted by Gasteiger charge is -2.20. The Labute approximate surface area is 93.2 Å². The van der Waals surface area contributed by atoms with E-state index in [0.29, 0.717) is 5.56 Å². The number of Topliss-reactive ketones (excluding diaryl/α,β-unsaturated/α-hetero) is 1. The Morgan fingerprint density at radius 3 is 2.31 bits per heavy atom. The van der Waals surface area contributed by atoms with E-state index in [1.807, 2.05) is 0 Å². The minimum absolute atomic E-state index is 0.346. The van der Waals surface area contributed by atoms with Gasteiger partial charge in [-0.3, -0.25) is 4.79 Å². The third kappa shape index (κ3) is 2.65. The van der Waals surface area contributed by atoms with Crippen molar-refractivity contribution in [3.05, 3.63) is 35.9 Å². The molecule has 5 heteroatoms. The highest BCUT2D eigenvalue weighted by Gasteiger charge is 2.31. The first-order valence-corrected chi connectivity index (χ1v) is 4.67. The van der Waals surface area contributed by atoms with Gasteiger partial charge in [0, 0.05) is 12.6 Å². The van der Waals surface area contributed by atoms with Gasteiger partial charge in [0.25, 0.3) is 0 Å². The van der Waals surface area contributed by atoms with Crippen molar-refractivity contribution >= 4 is 11.8 Å². The first-order chi connectivity index (χ1) is 7.57. The summed E-state index contributed by atoms with van der Waals surface area (Å²) in [7, 11) is 2.72. The highest BCUT2D eigenvalue weighted by atomic mass is 16.7. The molecule has 1 aromatic carbocycles. The first kappa shape index (κ1) is 12.4. The van der Waals surface area contributed by atoms with Crippen LogP contribution in [0.15, 0.2) is 30.3 Å². The summed E-state index contributed by atoms with van der Waals surface area (Å²) in [6.45, 7) is 0. The van der Waals surface area contributed by atoms with Crippen LogP contribution in [0.1, 0.15) is 10.4 Å². The molecule has 86 valence electrons. The molecule has 1 unspecified atom stereocenters. The second-order valence-electron chi connectivity index (χ2n) is 3.20. The number of ketones is 1. The van der Waals surface area contributed by atoms with Gasteiger partial charge in [-0.05, 0) is 0 Å². The molecule has 0 saturated heterocycles. The molecular formula is C11H13NO4. The Bertz CT molecular complexity index is 377. The van der Waals surface area contributed by atoms with Crippen LogP contribution in [0.3, 0.4) is 0 Å². The summed E-state index contributed by atoms with van der Waals surface area (Å²) >= 11 is 0. The van der Waals surface area contributed by atoms with Gasteiger partial charge in [0.05, 0.1) is 7.11 Å². The molecule has 0 saturated carbocycles. The molecule has 0 bridgehead atoms. The van der Waals surface area contributed by atoms with Gasteiger partial charge in [0.2, 0.25) is 0 Å². The van der Waals surface area contributed by atoms with Gasteiger partial charge in [0.15, 0.2) is 11.8 Å². The fraction of sp³-hybridized carbons (Fsp3) is 0.273. The zero-order valence-electron chi connectivity index (χ0n) is 9.08. The third-order valence-corrected chi connectivity index (χ3v) is 2.19. The number of hydrogen-bond donors (Lipinski definition) is 1. The van der Waals surface area contributed by atoms with Crippen molar-refractivity contribution in [2.75, 3.05) is 14.2 Å². The van der Waals surface area contributed by atoms with Gasteiger partial charge in [-0.2, -0.15) is 5.06 Å². The zero-order valence-corrected chi connectivity index (χ0v) is 9.08. The van der Waals surface area contributed by atoms with Crippen LogP contribution in [-0.4, -0.2) is 42.1 Å². The number of nitrogens with zero attached hydrogens (tertiary/aromatic N) is 1. The molecule has 0 aliphatic heterocycles. The lowest BCUT2D eigenvalue weighted by Crippen LogP contribution is -2.44. The van der Waals surface area contributed by atoms with E-state index in [1.54, 1.807) is 30.3 Å². The summed E-state index contributed by atoms with van der Waals surface area (Å²) in [4.78, 5) is 27.6. The summed E-state index contributed by atoms with van der Waals surface area (Å²) in [5.74, 6) is -1.74. The molecule has 5 nitrogen and oxygen atoms in total. The normalized spacial score (nSPS) is 12.4. The summed E-state index contributed by atoms with van der Waals surface area (Å²) in [6.07, 6.45) is 0. The van der Waals surface area contributed by atoms with Gasteiger partial charge in [0.1, 0.15) is 0 Å². The molecule has 0 aliphatic rings. The highest BCUT2D eigenvalue weighted by Crippen LogP contribution is 2.08. The Hall–Kier alpha value is -1.72. The minimum Gasteiger partial charge on any atom is -0.480 e. The van der Waals surface area contributed by atoms with E-state index < -0.39 is 17.8 Å². The summed E-state index contributed by atoms with van der Waals surface area (Å²) < 4.78 is 0. The van der Waals surface area contributed by atoms with E-state index >= 15 is 0 Å². The van der Waals surface area contributed by atoms with Crippen molar-refractivity contribution in [1.29, 1.82) is 0 Å². The maximum atomic E-state index is 11.9.